The molecular weight excluding hydrogens is 678 g/mol. The van der Waals surface area contributed by atoms with Crippen molar-refractivity contribution in [1.82, 2.24) is 15.0 Å². The topological polar surface area (TPSA) is 297 Å². The second-order valence-electron chi connectivity index (χ2n) is 8.95. The summed E-state index contributed by atoms with van der Waals surface area (Å²) in [4.78, 5) is 33.5. The van der Waals surface area contributed by atoms with E-state index in [2.05, 4.69) is 35.8 Å². The SMILES string of the molecule is O=COc1ccccc1Nc1nc(O)nc(Nc2cc(S(=O)(=O)O)cc3ccc(N=Nc4ccccc4C(=O)O)c(O)c23)n1.O=S(=O)=O. The van der Waals surface area contributed by atoms with Gasteiger partial charge in [0.1, 0.15) is 11.4 Å². The van der Waals surface area contributed by atoms with Crippen LogP contribution in [-0.4, -0.2) is 68.3 Å². The molecule has 0 aliphatic heterocycles. The first-order valence-electron chi connectivity index (χ1n) is 12.7. The Labute approximate surface area is 270 Å². The molecule has 0 fully saturated rings. The number of carbonyl (C=O) groups is 2. The number of aromatic nitrogens is 3. The average molecular weight is 698 g/mol. The highest BCUT2D eigenvalue weighted by atomic mass is 32.2. The summed E-state index contributed by atoms with van der Waals surface area (Å²) in [6, 6.07) is 16.1. The maximum atomic E-state index is 12.0. The van der Waals surface area contributed by atoms with E-state index in [1.807, 2.05) is 0 Å². The molecule has 0 radical (unpaired) electrons. The average Bonchev–Trinajstić information content (AvgIpc) is 3.01. The lowest BCUT2D eigenvalue weighted by atomic mass is 10.1. The molecule has 4 aromatic carbocycles. The lowest BCUT2D eigenvalue weighted by Gasteiger charge is -2.14. The van der Waals surface area contributed by atoms with Gasteiger partial charge < -0.3 is 30.7 Å². The van der Waals surface area contributed by atoms with Crippen LogP contribution in [0.5, 0.6) is 17.5 Å². The third-order valence-electron chi connectivity index (χ3n) is 5.92. The van der Waals surface area contributed by atoms with E-state index >= 15 is 0 Å². The van der Waals surface area contributed by atoms with Crippen LogP contribution in [0.3, 0.4) is 0 Å². The molecule has 6 N–H and O–H groups in total. The third kappa shape index (κ3) is 8.57. The molecular formula is C27H19N7O12S2. The van der Waals surface area contributed by atoms with Gasteiger partial charge in [0.05, 0.1) is 21.8 Å². The van der Waals surface area contributed by atoms with Gasteiger partial charge in [-0.05, 0) is 47.9 Å². The number of hydrogen-bond acceptors (Lipinski definition) is 17. The summed E-state index contributed by atoms with van der Waals surface area (Å²) in [6.07, 6.45) is 0. The molecule has 1 heterocycles. The summed E-state index contributed by atoms with van der Waals surface area (Å²) >= 11 is 0. The van der Waals surface area contributed by atoms with Crippen LogP contribution >= 0.6 is 0 Å². The first-order valence-corrected chi connectivity index (χ1v) is 15.2. The van der Waals surface area contributed by atoms with E-state index in [1.165, 1.54) is 36.4 Å². The van der Waals surface area contributed by atoms with Crippen LogP contribution in [0.15, 0.2) is 87.9 Å². The molecule has 5 aromatic rings. The number of nitrogens with one attached hydrogen (secondary N) is 2. The number of anilines is 4. The minimum absolute atomic E-state index is 0.0142. The van der Waals surface area contributed by atoms with Crippen molar-refractivity contribution < 1.29 is 55.2 Å². The van der Waals surface area contributed by atoms with Gasteiger partial charge in [-0.15, -0.1) is 22.9 Å². The van der Waals surface area contributed by atoms with Crippen LogP contribution < -0.4 is 15.4 Å². The summed E-state index contributed by atoms with van der Waals surface area (Å²) in [6.45, 7) is 0.219. The number of hydrogen-bond donors (Lipinski definition) is 6. The fraction of sp³-hybridized carbons (Fsp3) is 0. The normalized spacial score (nSPS) is 10.9. The molecule has 21 heteroatoms. The lowest BCUT2D eigenvalue weighted by Crippen LogP contribution is -2.06. The first-order chi connectivity index (χ1) is 22.8. The quantitative estimate of drug-likeness (QED) is 0.0686. The van der Waals surface area contributed by atoms with Crippen molar-refractivity contribution in [2.24, 2.45) is 10.2 Å². The number of phenols is 1. The Hall–Kier alpha value is -6.58. The molecule has 0 spiro atoms. The summed E-state index contributed by atoms with van der Waals surface area (Å²) in [5.74, 6) is -2.15. The van der Waals surface area contributed by atoms with Crippen LogP contribution in [0.1, 0.15) is 10.4 Å². The summed E-state index contributed by atoms with van der Waals surface area (Å²) in [5, 5.41) is 44.2. The highest BCUT2D eigenvalue weighted by Crippen LogP contribution is 2.42. The number of carboxylic acid groups (broad SMARTS) is 1. The summed E-state index contributed by atoms with van der Waals surface area (Å²) in [5.41, 5.74) is -0.117. The van der Waals surface area contributed by atoms with Crippen LogP contribution in [-0.2, 0) is 25.5 Å². The van der Waals surface area contributed by atoms with Gasteiger partial charge in [0.2, 0.25) is 11.9 Å². The van der Waals surface area contributed by atoms with Crippen LogP contribution in [0.4, 0.5) is 34.6 Å². The van der Waals surface area contributed by atoms with Crippen LogP contribution in [0.2, 0.25) is 0 Å². The number of nitrogens with zero attached hydrogens (tertiary/aromatic N) is 5. The van der Waals surface area contributed by atoms with Crippen LogP contribution in [0.25, 0.3) is 10.8 Å². The van der Waals surface area contributed by atoms with Crippen molar-refractivity contribution in [3.8, 4) is 17.5 Å². The predicted molar refractivity (Wildman–Crippen MR) is 164 cm³/mol. The molecule has 0 bridgehead atoms. The van der Waals surface area contributed by atoms with Crippen LogP contribution in [0, 0.1) is 0 Å². The van der Waals surface area contributed by atoms with E-state index < -0.39 is 43.4 Å². The third-order valence-corrected chi connectivity index (χ3v) is 6.75. The van der Waals surface area contributed by atoms with Gasteiger partial charge in [-0.25, -0.2) is 4.79 Å². The van der Waals surface area contributed by atoms with E-state index in [4.69, 9.17) is 17.4 Å². The number of azo groups is 1. The first kappa shape index (κ1) is 34.3. The van der Waals surface area contributed by atoms with Gasteiger partial charge in [-0.1, -0.05) is 30.3 Å². The number of para-hydroxylation sites is 2. The maximum Gasteiger partial charge on any atom is 0.425 e. The lowest BCUT2D eigenvalue weighted by molar-refractivity contribution is -0.120. The molecule has 0 saturated heterocycles. The fourth-order valence-corrected chi connectivity index (χ4v) is 4.57. The molecule has 246 valence electrons. The highest BCUT2D eigenvalue weighted by molar-refractivity contribution is 7.85. The van der Waals surface area contributed by atoms with Gasteiger partial charge in [-0.2, -0.15) is 23.4 Å². The minimum Gasteiger partial charge on any atom is -0.505 e. The fourth-order valence-electron chi connectivity index (χ4n) is 4.03. The van der Waals surface area contributed by atoms with Gasteiger partial charge in [0.25, 0.3) is 16.6 Å². The predicted octanol–water partition coefficient (Wildman–Crippen LogP) is 3.81. The number of phenolic OH excluding ortho intramolecular Hbond substituents is 1. The van der Waals surface area contributed by atoms with Gasteiger partial charge in [0.15, 0.2) is 11.5 Å². The van der Waals surface area contributed by atoms with E-state index in [-0.39, 0.29) is 63.2 Å². The molecule has 0 atom stereocenters. The number of carboxylic acids is 1. The Morgan fingerprint density at radius 1 is 0.833 bits per heavy atom. The molecule has 1 aromatic heterocycles. The Morgan fingerprint density at radius 2 is 1.44 bits per heavy atom. The van der Waals surface area contributed by atoms with Gasteiger partial charge in [-0.3, -0.25) is 9.35 Å². The minimum atomic E-state index is -4.73. The van der Waals surface area contributed by atoms with Crippen molar-refractivity contribution >= 4 is 78.6 Å². The molecule has 0 aliphatic carbocycles. The van der Waals surface area contributed by atoms with Gasteiger partial charge in [0, 0.05) is 5.39 Å². The zero-order chi connectivity index (χ0) is 35.0. The molecule has 19 nitrogen and oxygen atoms in total. The Bertz CT molecular complexity index is 2300. The Morgan fingerprint density at radius 3 is 2.08 bits per heavy atom. The number of benzene rings is 4. The second-order valence-corrected chi connectivity index (χ2v) is 10.8. The number of fused-ring (bicyclic) bond motifs is 1. The summed E-state index contributed by atoms with van der Waals surface area (Å²) in [7, 11) is -7.85. The summed E-state index contributed by atoms with van der Waals surface area (Å²) < 4.78 is 64.0. The van der Waals surface area contributed by atoms with E-state index in [9.17, 15) is 37.9 Å². The van der Waals surface area contributed by atoms with Crippen molar-refractivity contribution in [3.05, 3.63) is 78.4 Å². The van der Waals surface area contributed by atoms with Gasteiger partial charge >= 0.3 is 22.6 Å². The van der Waals surface area contributed by atoms with Crippen molar-refractivity contribution in [1.29, 1.82) is 0 Å². The molecule has 0 amide bonds. The van der Waals surface area contributed by atoms with E-state index in [0.717, 1.165) is 12.1 Å². The number of carbonyl (C=O) groups excluding carboxylic acids is 1. The highest BCUT2D eigenvalue weighted by Gasteiger charge is 2.19. The van der Waals surface area contributed by atoms with Crippen molar-refractivity contribution in [3.63, 3.8) is 0 Å². The zero-order valence-electron chi connectivity index (χ0n) is 23.6. The molecule has 5 rings (SSSR count). The number of aromatic hydroxyl groups is 2. The maximum absolute atomic E-state index is 12.0. The monoisotopic (exact) mass is 697 g/mol. The Balaban J connectivity index is 0.00000123. The zero-order valence-corrected chi connectivity index (χ0v) is 25.2. The molecule has 0 saturated carbocycles. The van der Waals surface area contributed by atoms with Crippen molar-refractivity contribution in [2.75, 3.05) is 10.6 Å². The largest absolute Gasteiger partial charge is 0.505 e. The number of ether oxygens (including phenoxy) is 1. The molecule has 48 heavy (non-hydrogen) atoms. The number of aromatic carboxylic acids is 1. The van der Waals surface area contributed by atoms with E-state index in [0.29, 0.717) is 0 Å². The smallest absolute Gasteiger partial charge is 0.425 e. The Kier molecular flexibility index (Phi) is 10.5. The number of rotatable bonds is 10. The molecule has 0 aliphatic rings. The van der Waals surface area contributed by atoms with Crippen molar-refractivity contribution in [2.45, 2.75) is 4.90 Å². The second kappa shape index (κ2) is 14.7. The standard InChI is InChI=1S/C27H19N7O9S.O3S/c35-13-43-21-8-4-3-7-18(21)28-25-30-26(32-27(39)31-25)29-20-12-15(44(40,41)42)11-14-9-10-19(23(36)22(14)20)34-33-17-6-2-1-5-16(17)24(37)38;1-4(2)3/h1-13,36H,(H,37,38)(H,40,41,42)(H3,28,29,30,31,32,39);. The molecule has 0 unspecified atom stereocenters. The van der Waals surface area contributed by atoms with E-state index in [1.54, 1.807) is 24.3 Å².